The molecule has 2 aromatic rings. The largest absolute Gasteiger partial charge is 0.497 e. The maximum absolute atomic E-state index is 13.2. The molecular formula is C25H28FN3O4. The smallest absolute Gasteiger partial charge is 0.253 e. The average Bonchev–Trinajstić information content (AvgIpc) is 2.88. The number of nitrogens with zero attached hydrogens (tertiary/aromatic N) is 3. The van der Waals surface area contributed by atoms with Gasteiger partial charge in [0.25, 0.3) is 11.8 Å². The van der Waals surface area contributed by atoms with Crippen LogP contribution >= 0.6 is 0 Å². The number of carbonyl (C=O) groups excluding carboxylic acids is 3. The van der Waals surface area contributed by atoms with Gasteiger partial charge in [-0.15, -0.1) is 0 Å². The molecule has 0 saturated carbocycles. The molecule has 174 valence electrons. The Hall–Kier alpha value is -3.42. The van der Waals surface area contributed by atoms with E-state index in [0.29, 0.717) is 56.1 Å². The number of amides is 3. The molecule has 0 aromatic heterocycles. The Kier molecular flexibility index (Phi) is 6.91. The normalized spacial score (nSPS) is 18.7. The van der Waals surface area contributed by atoms with Crippen LogP contribution in [0, 0.1) is 11.7 Å². The van der Waals surface area contributed by atoms with Crippen molar-refractivity contribution in [1.29, 1.82) is 0 Å². The van der Waals surface area contributed by atoms with Gasteiger partial charge in [0.15, 0.2) is 0 Å². The summed E-state index contributed by atoms with van der Waals surface area (Å²) in [5.41, 5.74) is 1.02. The van der Waals surface area contributed by atoms with Gasteiger partial charge in [-0.1, -0.05) is 0 Å². The Bertz CT molecular complexity index is 1000. The number of ether oxygens (including phenoxy) is 1. The van der Waals surface area contributed by atoms with Crippen LogP contribution in [0.2, 0.25) is 0 Å². The molecule has 0 aliphatic carbocycles. The first-order chi connectivity index (χ1) is 16.0. The molecule has 33 heavy (non-hydrogen) atoms. The molecule has 0 radical (unpaired) electrons. The fourth-order valence-electron chi connectivity index (χ4n) is 4.44. The highest BCUT2D eigenvalue weighted by Gasteiger charge is 2.33. The van der Waals surface area contributed by atoms with Crippen LogP contribution < -0.4 is 4.74 Å². The number of methoxy groups -OCH3 is 1. The van der Waals surface area contributed by atoms with Gasteiger partial charge in [0.1, 0.15) is 11.6 Å². The lowest BCUT2D eigenvalue weighted by Crippen LogP contribution is -2.54. The third-order valence-electron chi connectivity index (χ3n) is 6.36. The SMILES string of the molecule is COc1ccc(C(=O)N2CCN(C(=O)C3CCCN(C(=O)c4ccc(F)cc4)C3)CC2)cc1. The van der Waals surface area contributed by atoms with E-state index in [9.17, 15) is 18.8 Å². The highest BCUT2D eigenvalue weighted by Crippen LogP contribution is 2.22. The number of piperidine rings is 1. The van der Waals surface area contributed by atoms with E-state index < -0.39 is 0 Å². The molecule has 2 heterocycles. The first-order valence-corrected chi connectivity index (χ1v) is 11.2. The summed E-state index contributed by atoms with van der Waals surface area (Å²) in [6.45, 7) is 2.85. The second-order valence-electron chi connectivity index (χ2n) is 8.44. The number of hydrogen-bond donors (Lipinski definition) is 0. The number of piperazine rings is 1. The highest BCUT2D eigenvalue weighted by atomic mass is 19.1. The van der Waals surface area contributed by atoms with Gasteiger partial charge >= 0.3 is 0 Å². The first kappa shape index (κ1) is 22.8. The third kappa shape index (κ3) is 5.16. The van der Waals surface area contributed by atoms with E-state index in [4.69, 9.17) is 4.74 Å². The molecule has 2 aromatic carbocycles. The van der Waals surface area contributed by atoms with Gasteiger partial charge in [-0.2, -0.15) is 0 Å². The molecule has 8 heteroatoms. The van der Waals surface area contributed by atoms with Gasteiger partial charge < -0.3 is 19.4 Å². The van der Waals surface area contributed by atoms with Crippen molar-refractivity contribution in [1.82, 2.24) is 14.7 Å². The highest BCUT2D eigenvalue weighted by molar-refractivity contribution is 5.95. The van der Waals surface area contributed by atoms with Crippen molar-refractivity contribution in [3.05, 3.63) is 65.5 Å². The minimum atomic E-state index is -0.386. The summed E-state index contributed by atoms with van der Waals surface area (Å²) >= 11 is 0. The Balaban J connectivity index is 1.31. The lowest BCUT2D eigenvalue weighted by atomic mass is 9.95. The van der Waals surface area contributed by atoms with Crippen LogP contribution in [0.3, 0.4) is 0 Å². The van der Waals surface area contributed by atoms with Crippen LogP contribution in [0.4, 0.5) is 4.39 Å². The van der Waals surface area contributed by atoms with Crippen LogP contribution in [-0.4, -0.2) is 78.8 Å². The molecule has 3 amide bonds. The number of likely N-dealkylation sites (tertiary alicyclic amines) is 1. The van der Waals surface area contributed by atoms with Crippen LogP contribution in [-0.2, 0) is 4.79 Å². The summed E-state index contributed by atoms with van der Waals surface area (Å²) in [4.78, 5) is 43.9. The van der Waals surface area contributed by atoms with Crippen LogP contribution in [0.25, 0.3) is 0 Å². The second-order valence-corrected chi connectivity index (χ2v) is 8.44. The first-order valence-electron chi connectivity index (χ1n) is 11.2. The zero-order valence-electron chi connectivity index (χ0n) is 18.7. The van der Waals surface area contributed by atoms with Crippen molar-refractivity contribution in [2.45, 2.75) is 12.8 Å². The molecule has 7 nitrogen and oxygen atoms in total. The monoisotopic (exact) mass is 453 g/mol. The lowest BCUT2D eigenvalue weighted by Gasteiger charge is -2.39. The van der Waals surface area contributed by atoms with E-state index in [2.05, 4.69) is 0 Å². The predicted molar refractivity (Wildman–Crippen MR) is 121 cm³/mol. The van der Waals surface area contributed by atoms with E-state index in [1.807, 2.05) is 0 Å². The van der Waals surface area contributed by atoms with Gasteiger partial charge in [-0.25, -0.2) is 4.39 Å². The quantitative estimate of drug-likeness (QED) is 0.714. The molecule has 0 N–H and O–H groups in total. The van der Waals surface area contributed by atoms with Crippen molar-refractivity contribution < 1.29 is 23.5 Å². The standard InChI is InChI=1S/C25H28FN3O4/c1-33-22-10-6-19(7-11-22)23(30)27-13-15-28(16-14-27)25(32)20-3-2-12-29(17-20)24(31)18-4-8-21(26)9-5-18/h4-11,20H,2-3,12-17H2,1H3. The summed E-state index contributed by atoms with van der Waals surface area (Å²) in [5, 5.41) is 0. The Morgan fingerprint density at radius 2 is 1.33 bits per heavy atom. The zero-order valence-corrected chi connectivity index (χ0v) is 18.7. The lowest BCUT2D eigenvalue weighted by molar-refractivity contribution is -0.138. The minimum Gasteiger partial charge on any atom is -0.497 e. The summed E-state index contributed by atoms with van der Waals surface area (Å²) in [6, 6.07) is 12.5. The molecular weight excluding hydrogens is 425 g/mol. The number of halogens is 1. The molecule has 0 bridgehead atoms. The molecule has 1 atom stereocenters. The van der Waals surface area contributed by atoms with Gasteiger partial charge in [-0.05, 0) is 61.4 Å². The van der Waals surface area contributed by atoms with E-state index in [1.165, 1.54) is 24.3 Å². The Morgan fingerprint density at radius 3 is 1.94 bits per heavy atom. The Morgan fingerprint density at radius 1 is 0.788 bits per heavy atom. The van der Waals surface area contributed by atoms with E-state index in [-0.39, 0.29) is 29.5 Å². The van der Waals surface area contributed by atoms with Crippen LogP contribution in [0.5, 0.6) is 5.75 Å². The van der Waals surface area contributed by atoms with Crippen molar-refractivity contribution in [3.63, 3.8) is 0 Å². The summed E-state index contributed by atoms with van der Waals surface area (Å²) in [7, 11) is 1.58. The zero-order chi connectivity index (χ0) is 23.4. The molecule has 0 spiro atoms. The summed E-state index contributed by atoms with van der Waals surface area (Å²) < 4.78 is 18.3. The summed E-state index contributed by atoms with van der Waals surface area (Å²) in [6.07, 6.45) is 1.48. The van der Waals surface area contributed by atoms with Gasteiger partial charge in [0, 0.05) is 50.4 Å². The number of carbonyl (C=O) groups is 3. The third-order valence-corrected chi connectivity index (χ3v) is 6.36. The Labute approximate surface area is 192 Å². The fraction of sp³-hybridized carbons (Fsp3) is 0.400. The van der Waals surface area contributed by atoms with Crippen LogP contribution in [0.1, 0.15) is 33.6 Å². The number of hydrogen-bond acceptors (Lipinski definition) is 4. The maximum Gasteiger partial charge on any atom is 0.253 e. The average molecular weight is 454 g/mol. The maximum atomic E-state index is 13.2. The second kappa shape index (κ2) is 10.0. The van der Waals surface area contributed by atoms with Gasteiger partial charge in [0.05, 0.1) is 13.0 Å². The van der Waals surface area contributed by atoms with E-state index in [0.717, 1.165) is 12.8 Å². The molecule has 2 fully saturated rings. The van der Waals surface area contributed by atoms with Crippen molar-refractivity contribution in [3.8, 4) is 5.75 Å². The molecule has 2 saturated heterocycles. The van der Waals surface area contributed by atoms with Gasteiger partial charge in [-0.3, -0.25) is 14.4 Å². The molecule has 1 unspecified atom stereocenters. The topological polar surface area (TPSA) is 70.2 Å². The molecule has 2 aliphatic rings. The number of benzene rings is 2. The predicted octanol–water partition coefficient (Wildman–Crippen LogP) is 2.67. The van der Waals surface area contributed by atoms with Crippen molar-refractivity contribution >= 4 is 17.7 Å². The van der Waals surface area contributed by atoms with Crippen LogP contribution in [0.15, 0.2) is 48.5 Å². The fourth-order valence-corrected chi connectivity index (χ4v) is 4.44. The molecule has 2 aliphatic heterocycles. The van der Waals surface area contributed by atoms with Gasteiger partial charge in [0.2, 0.25) is 5.91 Å². The van der Waals surface area contributed by atoms with Crippen molar-refractivity contribution in [2.75, 3.05) is 46.4 Å². The number of rotatable bonds is 4. The molecule has 4 rings (SSSR count). The summed E-state index contributed by atoms with van der Waals surface area (Å²) in [5.74, 6) is -0.152. The van der Waals surface area contributed by atoms with Crippen molar-refractivity contribution in [2.24, 2.45) is 5.92 Å². The minimum absolute atomic E-state index is 0.0307. The van der Waals surface area contributed by atoms with E-state index >= 15 is 0 Å². The van der Waals surface area contributed by atoms with E-state index in [1.54, 1.807) is 46.1 Å².